The highest BCUT2D eigenvalue weighted by Gasteiger charge is 2.17. The standard InChI is InChI=1S/C23H22BrN3O4/c1-15(28)26-21(16-6-9-19(30-2)10-7-16)13-22(29)27-18-8-11-23(25-14-18)31-20-5-3-4-17(24)12-20/h3-12,14,21H,13H2,1-2H3,(H,26,28)(H,27,29). The van der Waals surface area contributed by atoms with Crippen molar-refractivity contribution < 1.29 is 19.1 Å². The van der Waals surface area contributed by atoms with Crippen LogP contribution in [0.1, 0.15) is 24.9 Å². The Hall–Kier alpha value is -3.39. The van der Waals surface area contributed by atoms with Gasteiger partial charge in [0.25, 0.3) is 0 Å². The van der Waals surface area contributed by atoms with Gasteiger partial charge in [-0.1, -0.05) is 34.1 Å². The number of carbonyl (C=O) groups excluding carboxylic acids is 2. The Morgan fingerprint density at radius 2 is 1.84 bits per heavy atom. The molecule has 160 valence electrons. The minimum Gasteiger partial charge on any atom is -0.497 e. The van der Waals surface area contributed by atoms with Crippen molar-refractivity contribution in [3.8, 4) is 17.4 Å². The number of halogens is 1. The first-order chi connectivity index (χ1) is 14.9. The molecular weight excluding hydrogens is 462 g/mol. The zero-order valence-corrected chi connectivity index (χ0v) is 18.7. The highest BCUT2D eigenvalue weighted by Crippen LogP contribution is 2.24. The number of carbonyl (C=O) groups is 2. The lowest BCUT2D eigenvalue weighted by molar-refractivity contribution is -0.120. The first kappa shape index (κ1) is 22.3. The first-order valence-electron chi connectivity index (χ1n) is 9.53. The second-order valence-corrected chi connectivity index (χ2v) is 7.64. The molecule has 0 saturated heterocycles. The van der Waals surface area contributed by atoms with E-state index in [2.05, 4.69) is 31.5 Å². The fourth-order valence-electron chi connectivity index (χ4n) is 2.90. The first-order valence-corrected chi connectivity index (χ1v) is 10.3. The van der Waals surface area contributed by atoms with Crippen LogP contribution in [0.25, 0.3) is 0 Å². The average Bonchev–Trinajstić information content (AvgIpc) is 2.74. The van der Waals surface area contributed by atoms with Crippen molar-refractivity contribution >= 4 is 33.4 Å². The monoisotopic (exact) mass is 483 g/mol. The van der Waals surface area contributed by atoms with Crippen molar-refractivity contribution in [3.05, 3.63) is 76.9 Å². The van der Waals surface area contributed by atoms with Gasteiger partial charge in [0.2, 0.25) is 17.7 Å². The molecule has 3 rings (SSSR count). The normalized spacial score (nSPS) is 11.3. The Morgan fingerprint density at radius 1 is 1.06 bits per heavy atom. The molecule has 1 aromatic heterocycles. The lowest BCUT2D eigenvalue weighted by Crippen LogP contribution is -2.29. The molecule has 1 heterocycles. The molecule has 0 bridgehead atoms. The Balaban J connectivity index is 1.62. The van der Waals surface area contributed by atoms with Crippen molar-refractivity contribution in [2.24, 2.45) is 0 Å². The Morgan fingerprint density at radius 3 is 2.45 bits per heavy atom. The Labute approximate surface area is 188 Å². The smallest absolute Gasteiger partial charge is 0.226 e. The van der Waals surface area contributed by atoms with Crippen LogP contribution in [0.4, 0.5) is 5.69 Å². The number of aromatic nitrogens is 1. The molecule has 0 radical (unpaired) electrons. The third-order valence-corrected chi connectivity index (χ3v) is 4.82. The van der Waals surface area contributed by atoms with Gasteiger partial charge in [0.15, 0.2) is 0 Å². The maximum atomic E-state index is 12.6. The molecule has 2 amide bonds. The Kier molecular flexibility index (Phi) is 7.61. The molecule has 31 heavy (non-hydrogen) atoms. The molecule has 0 aliphatic rings. The quantitative estimate of drug-likeness (QED) is 0.477. The predicted molar refractivity (Wildman–Crippen MR) is 121 cm³/mol. The van der Waals surface area contributed by atoms with Gasteiger partial charge in [-0.3, -0.25) is 9.59 Å². The topological polar surface area (TPSA) is 89.6 Å². The zero-order valence-electron chi connectivity index (χ0n) is 17.1. The van der Waals surface area contributed by atoms with Crippen molar-refractivity contribution in [3.63, 3.8) is 0 Å². The van der Waals surface area contributed by atoms with Gasteiger partial charge in [-0.15, -0.1) is 0 Å². The van der Waals surface area contributed by atoms with Crippen LogP contribution in [-0.2, 0) is 9.59 Å². The number of nitrogens with zero attached hydrogens (tertiary/aromatic N) is 1. The van der Waals surface area contributed by atoms with Crippen LogP contribution in [0.2, 0.25) is 0 Å². The minimum atomic E-state index is -0.463. The van der Waals surface area contributed by atoms with Crippen molar-refractivity contribution in [2.75, 3.05) is 12.4 Å². The average molecular weight is 484 g/mol. The number of benzene rings is 2. The number of hydrogen-bond donors (Lipinski definition) is 2. The molecule has 2 aromatic carbocycles. The SMILES string of the molecule is COc1ccc(C(CC(=O)Nc2ccc(Oc3cccc(Br)c3)nc2)NC(C)=O)cc1. The number of pyridine rings is 1. The van der Waals surface area contributed by atoms with Gasteiger partial charge in [-0.2, -0.15) is 0 Å². The molecule has 2 N–H and O–H groups in total. The highest BCUT2D eigenvalue weighted by atomic mass is 79.9. The fraction of sp³-hybridized carbons (Fsp3) is 0.174. The summed E-state index contributed by atoms with van der Waals surface area (Å²) >= 11 is 3.39. The largest absolute Gasteiger partial charge is 0.497 e. The van der Waals surface area contributed by atoms with E-state index in [4.69, 9.17) is 9.47 Å². The van der Waals surface area contributed by atoms with Gasteiger partial charge in [-0.25, -0.2) is 4.98 Å². The third kappa shape index (κ3) is 6.82. The predicted octanol–water partition coefficient (Wildman–Crippen LogP) is 4.85. The summed E-state index contributed by atoms with van der Waals surface area (Å²) in [6, 6.07) is 17.6. The number of nitrogens with one attached hydrogen (secondary N) is 2. The molecule has 8 heteroatoms. The summed E-state index contributed by atoms with van der Waals surface area (Å²) < 4.78 is 11.8. The second kappa shape index (κ2) is 10.6. The lowest BCUT2D eigenvalue weighted by atomic mass is 10.0. The van der Waals surface area contributed by atoms with Gasteiger partial charge in [0.1, 0.15) is 11.5 Å². The van der Waals surface area contributed by atoms with Crippen molar-refractivity contribution in [1.82, 2.24) is 10.3 Å². The molecule has 1 atom stereocenters. The number of methoxy groups -OCH3 is 1. The summed E-state index contributed by atoms with van der Waals surface area (Å²) in [7, 11) is 1.58. The number of ether oxygens (including phenoxy) is 2. The van der Waals surface area contributed by atoms with E-state index in [-0.39, 0.29) is 18.2 Å². The van der Waals surface area contributed by atoms with E-state index >= 15 is 0 Å². The molecular formula is C23H22BrN3O4. The van der Waals surface area contributed by atoms with Gasteiger partial charge >= 0.3 is 0 Å². The second-order valence-electron chi connectivity index (χ2n) is 6.72. The van der Waals surface area contributed by atoms with Crippen LogP contribution < -0.4 is 20.1 Å². The van der Waals surface area contributed by atoms with Crippen LogP contribution >= 0.6 is 15.9 Å². The molecule has 3 aromatic rings. The van der Waals surface area contributed by atoms with Crippen LogP contribution in [0, 0.1) is 0 Å². The third-order valence-electron chi connectivity index (χ3n) is 4.32. The summed E-state index contributed by atoms with van der Waals surface area (Å²) in [6.07, 6.45) is 1.59. The van der Waals surface area contributed by atoms with Crippen LogP contribution in [0.5, 0.6) is 17.4 Å². The number of amides is 2. The van der Waals surface area contributed by atoms with Crippen molar-refractivity contribution in [2.45, 2.75) is 19.4 Å². The summed E-state index contributed by atoms with van der Waals surface area (Å²) in [5, 5.41) is 5.61. The zero-order chi connectivity index (χ0) is 22.2. The van der Waals surface area contributed by atoms with Crippen LogP contribution in [-0.4, -0.2) is 23.9 Å². The summed E-state index contributed by atoms with van der Waals surface area (Å²) in [5.41, 5.74) is 1.34. The van der Waals surface area contributed by atoms with E-state index in [0.29, 0.717) is 23.1 Å². The molecule has 1 unspecified atom stereocenters. The molecule has 0 aliphatic heterocycles. The van der Waals surface area contributed by atoms with E-state index in [1.54, 1.807) is 31.4 Å². The maximum absolute atomic E-state index is 12.6. The maximum Gasteiger partial charge on any atom is 0.226 e. The number of rotatable bonds is 8. The highest BCUT2D eigenvalue weighted by molar-refractivity contribution is 9.10. The molecule has 7 nitrogen and oxygen atoms in total. The van der Waals surface area contributed by atoms with Crippen molar-refractivity contribution in [1.29, 1.82) is 0 Å². The molecule has 0 aliphatic carbocycles. The lowest BCUT2D eigenvalue weighted by Gasteiger charge is -2.18. The minimum absolute atomic E-state index is 0.0716. The van der Waals surface area contributed by atoms with E-state index in [1.807, 2.05) is 36.4 Å². The van der Waals surface area contributed by atoms with Crippen LogP contribution in [0.3, 0.4) is 0 Å². The van der Waals surface area contributed by atoms with E-state index < -0.39 is 6.04 Å². The van der Waals surface area contributed by atoms with Gasteiger partial charge in [0.05, 0.1) is 31.5 Å². The van der Waals surface area contributed by atoms with Gasteiger partial charge < -0.3 is 20.1 Å². The summed E-state index contributed by atoms with van der Waals surface area (Å²) in [6.45, 7) is 1.42. The van der Waals surface area contributed by atoms with E-state index in [1.165, 1.54) is 13.1 Å². The van der Waals surface area contributed by atoms with Gasteiger partial charge in [0, 0.05) is 17.5 Å². The summed E-state index contributed by atoms with van der Waals surface area (Å²) in [5.74, 6) is 1.29. The molecule has 0 saturated carbocycles. The van der Waals surface area contributed by atoms with Crippen LogP contribution in [0.15, 0.2) is 71.3 Å². The molecule has 0 spiro atoms. The fourth-order valence-corrected chi connectivity index (χ4v) is 3.28. The molecule has 0 fully saturated rings. The van der Waals surface area contributed by atoms with E-state index in [0.717, 1.165) is 10.0 Å². The number of anilines is 1. The van der Waals surface area contributed by atoms with Gasteiger partial charge in [-0.05, 0) is 42.0 Å². The summed E-state index contributed by atoms with van der Waals surface area (Å²) in [4.78, 5) is 28.4. The van der Waals surface area contributed by atoms with E-state index in [9.17, 15) is 9.59 Å². The number of hydrogen-bond acceptors (Lipinski definition) is 5. The Bertz CT molecular complexity index is 1040.